The number of hydrogen-bond donors (Lipinski definition) is 0. The van der Waals surface area contributed by atoms with E-state index in [1.54, 1.807) is 6.07 Å². The number of sulfonamides is 1. The van der Waals surface area contributed by atoms with Gasteiger partial charge in [-0.3, -0.25) is 10.1 Å². The molecule has 0 aliphatic heterocycles. The fourth-order valence-corrected chi connectivity index (χ4v) is 2.54. The van der Waals surface area contributed by atoms with Crippen molar-refractivity contribution in [2.24, 2.45) is 0 Å². The van der Waals surface area contributed by atoms with Crippen LogP contribution in [0.15, 0.2) is 23.1 Å². The first-order valence-electron chi connectivity index (χ1n) is 5.00. The van der Waals surface area contributed by atoms with E-state index in [1.807, 2.05) is 0 Å². The lowest BCUT2D eigenvalue weighted by atomic mass is 10.3. The molecule has 0 atom stereocenters. The van der Waals surface area contributed by atoms with E-state index in [2.05, 4.69) is 0 Å². The monoisotopic (exact) mass is 285 g/mol. The van der Waals surface area contributed by atoms with Crippen LogP contribution in [-0.2, 0) is 10.0 Å². The number of ether oxygens (including phenoxy) is 1. The molecule has 0 N–H and O–H groups in total. The van der Waals surface area contributed by atoms with Crippen molar-refractivity contribution in [2.45, 2.75) is 4.90 Å². The van der Waals surface area contributed by atoms with E-state index in [1.165, 1.54) is 20.2 Å². The highest BCUT2D eigenvalue weighted by atomic mass is 32.2. The van der Waals surface area contributed by atoms with Crippen LogP contribution in [0, 0.1) is 21.4 Å². The summed E-state index contributed by atoms with van der Waals surface area (Å²) >= 11 is 0. The Morgan fingerprint density at radius 2 is 2.16 bits per heavy atom. The minimum atomic E-state index is -4.09. The highest BCUT2D eigenvalue weighted by molar-refractivity contribution is 7.89. The Kier molecular flexibility index (Phi) is 4.42. The van der Waals surface area contributed by atoms with Crippen LogP contribution in [0.5, 0.6) is 5.75 Å². The molecule has 19 heavy (non-hydrogen) atoms. The number of benzene rings is 1. The number of hydrogen-bond acceptors (Lipinski definition) is 6. The summed E-state index contributed by atoms with van der Waals surface area (Å²) in [5.74, 6) is 0.175. The van der Waals surface area contributed by atoms with Crippen LogP contribution in [0.1, 0.15) is 0 Å². The van der Waals surface area contributed by atoms with Crippen LogP contribution >= 0.6 is 0 Å². The van der Waals surface area contributed by atoms with Gasteiger partial charge in [-0.25, -0.2) is 8.42 Å². The molecule has 0 spiro atoms. The van der Waals surface area contributed by atoms with Gasteiger partial charge >= 0.3 is 0 Å². The third kappa shape index (κ3) is 2.98. The zero-order chi connectivity index (χ0) is 14.6. The summed E-state index contributed by atoms with van der Waals surface area (Å²) in [6.07, 6.45) is 0. The lowest BCUT2D eigenvalue weighted by Crippen LogP contribution is -2.27. The smallest absolute Gasteiger partial charge is 0.293 e. The second-order valence-corrected chi connectivity index (χ2v) is 5.52. The maximum atomic E-state index is 12.1. The topological polar surface area (TPSA) is 114 Å². The maximum absolute atomic E-state index is 12.1. The molecule has 0 aliphatic rings. The molecule has 0 fully saturated rings. The summed E-state index contributed by atoms with van der Waals surface area (Å²) in [5.41, 5.74) is -0.593. The molecule has 0 radical (unpaired) electrons. The van der Waals surface area contributed by atoms with Crippen LogP contribution in [0.4, 0.5) is 5.69 Å². The summed E-state index contributed by atoms with van der Waals surface area (Å²) < 4.78 is 29.7. The summed E-state index contributed by atoms with van der Waals surface area (Å²) in [5, 5.41) is 19.4. The quantitative estimate of drug-likeness (QED) is 0.448. The fraction of sp³-hybridized carbons (Fsp3) is 0.300. The SMILES string of the molecule is COc1ccc(S(=O)(=O)N(C)CC#N)c([N+](=O)[O-])c1. The molecule has 0 aromatic heterocycles. The summed E-state index contributed by atoms with van der Waals surface area (Å²) in [6, 6.07) is 5.08. The van der Waals surface area contributed by atoms with Gasteiger partial charge < -0.3 is 4.74 Å². The third-order valence-corrected chi connectivity index (χ3v) is 4.20. The van der Waals surface area contributed by atoms with Crippen molar-refractivity contribution in [2.75, 3.05) is 20.7 Å². The summed E-state index contributed by atoms with van der Waals surface area (Å²) in [4.78, 5) is 9.63. The predicted octanol–water partition coefficient (Wildman–Crippen LogP) is 0.747. The Bertz CT molecular complexity index is 635. The van der Waals surface area contributed by atoms with Gasteiger partial charge in [0.05, 0.1) is 24.2 Å². The summed E-state index contributed by atoms with van der Waals surface area (Å²) in [7, 11) is -1.60. The van der Waals surface area contributed by atoms with Crippen molar-refractivity contribution in [3.05, 3.63) is 28.3 Å². The second kappa shape index (κ2) is 5.64. The molecule has 9 heteroatoms. The van der Waals surface area contributed by atoms with Gasteiger partial charge in [0.15, 0.2) is 4.90 Å². The Morgan fingerprint density at radius 3 is 2.63 bits per heavy atom. The number of nitro benzene ring substituents is 1. The molecule has 0 bridgehead atoms. The molecule has 0 heterocycles. The lowest BCUT2D eigenvalue weighted by molar-refractivity contribution is -0.387. The molecule has 102 valence electrons. The zero-order valence-corrected chi connectivity index (χ0v) is 11.0. The molecule has 1 aromatic rings. The van der Waals surface area contributed by atoms with Crippen LogP contribution < -0.4 is 4.74 Å². The molecule has 0 saturated carbocycles. The van der Waals surface area contributed by atoms with Crippen LogP contribution in [0.25, 0.3) is 0 Å². The second-order valence-electron chi connectivity index (χ2n) is 3.51. The average Bonchev–Trinajstić information content (AvgIpc) is 2.38. The molecule has 1 aromatic carbocycles. The molecule has 1 rings (SSSR count). The molecule has 0 aliphatic carbocycles. The van der Waals surface area contributed by atoms with Gasteiger partial charge in [0.1, 0.15) is 12.3 Å². The van der Waals surface area contributed by atoms with Gasteiger partial charge in [-0.2, -0.15) is 9.57 Å². The van der Waals surface area contributed by atoms with Crippen molar-refractivity contribution in [3.8, 4) is 11.8 Å². The third-order valence-electron chi connectivity index (χ3n) is 2.34. The average molecular weight is 285 g/mol. The Morgan fingerprint density at radius 1 is 1.53 bits per heavy atom. The highest BCUT2D eigenvalue weighted by Crippen LogP contribution is 2.29. The van der Waals surface area contributed by atoms with Crippen LogP contribution in [-0.4, -0.2) is 38.3 Å². The first-order valence-corrected chi connectivity index (χ1v) is 6.44. The zero-order valence-electron chi connectivity index (χ0n) is 10.2. The van der Waals surface area contributed by atoms with Crippen molar-refractivity contribution < 1.29 is 18.1 Å². The van der Waals surface area contributed by atoms with E-state index < -0.39 is 32.1 Å². The van der Waals surface area contributed by atoms with E-state index in [4.69, 9.17) is 10.00 Å². The van der Waals surface area contributed by atoms with Gasteiger partial charge in [-0.15, -0.1) is 0 Å². The fourth-order valence-electron chi connectivity index (χ4n) is 1.34. The number of rotatable bonds is 5. The van der Waals surface area contributed by atoms with E-state index in [0.29, 0.717) is 0 Å². The number of nitrogens with zero attached hydrogens (tertiary/aromatic N) is 3. The van der Waals surface area contributed by atoms with E-state index in [9.17, 15) is 18.5 Å². The van der Waals surface area contributed by atoms with Crippen LogP contribution in [0.2, 0.25) is 0 Å². The van der Waals surface area contributed by atoms with Gasteiger partial charge in [-0.1, -0.05) is 0 Å². The number of methoxy groups -OCH3 is 1. The highest BCUT2D eigenvalue weighted by Gasteiger charge is 2.29. The molecule has 8 nitrogen and oxygen atoms in total. The largest absolute Gasteiger partial charge is 0.497 e. The Hall–Kier alpha value is -2.18. The van der Waals surface area contributed by atoms with Gasteiger partial charge in [0.2, 0.25) is 0 Å². The number of nitriles is 1. The van der Waals surface area contributed by atoms with Crippen molar-refractivity contribution >= 4 is 15.7 Å². The molecule has 0 amide bonds. The first-order chi connectivity index (χ1) is 8.84. The maximum Gasteiger partial charge on any atom is 0.293 e. The predicted molar refractivity (Wildman–Crippen MR) is 65.1 cm³/mol. The molecular weight excluding hydrogens is 274 g/mol. The Labute approximate surface area is 110 Å². The molecule has 0 unspecified atom stereocenters. The van der Waals surface area contributed by atoms with Gasteiger partial charge in [0, 0.05) is 7.05 Å². The normalized spacial score (nSPS) is 11.1. The summed E-state index contributed by atoms with van der Waals surface area (Å²) in [6.45, 7) is -0.397. The standard InChI is InChI=1S/C10H11N3O5S/c1-12(6-5-11)19(16,17)10-4-3-8(18-2)7-9(10)13(14)15/h3-4,7H,6H2,1-2H3. The van der Waals surface area contributed by atoms with Crippen LogP contribution in [0.3, 0.4) is 0 Å². The minimum absolute atomic E-state index is 0.175. The Balaban J connectivity index is 3.43. The van der Waals surface area contributed by atoms with E-state index in [0.717, 1.165) is 16.4 Å². The van der Waals surface area contributed by atoms with Crippen molar-refractivity contribution in [1.29, 1.82) is 5.26 Å². The number of nitro groups is 1. The van der Waals surface area contributed by atoms with Crippen molar-refractivity contribution in [1.82, 2.24) is 4.31 Å². The molecule has 0 saturated heterocycles. The molecular formula is C10H11N3O5S. The van der Waals surface area contributed by atoms with Gasteiger partial charge in [0.25, 0.3) is 15.7 Å². The van der Waals surface area contributed by atoms with E-state index in [-0.39, 0.29) is 5.75 Å². The minimum Gasteiger partial charge on any atom is -0.497 e. The van der Waals surface area contributed by atoms with E-state index >= 15 is 0 Å². The van der Waals surface area contributed by atoms with Crippen molar-refractivity contribution in [3.63, 3.8) is 0 Å². The van der Waals surface area contributed by atoms with Gasteiger partial charge in [-0.05, 0) is 12.1 Å². The first kappa shape index (κ1) is 14.9. The lowest BCUT2D eigenvalue weighted by Gasteiger charge is -2.13.